The van der Waals surface area contributed by atoms with Gasteiger partial charge in [-0.25, -0.2) is 9.97 Å². The first-order valence-corrected chi connectivity index (χ1v) is 9.01. The number of hydrogen-bond donors (Lipinski definition) is 2. The molecule has 0 radical (unpaired) electrons. The van der Waals surface area contributed by atoms with Gasteiger partial charge in [-0.05, 0) is 60.7 Å². The third-order valence-corrected chi connectivity index (χ3v) is 4.36. The fraction of sp³-hybridized carbons (Fsp3) is 0.227. The van der Waals surface area contributed by atoms with Crippen LogP contribution in [0.3, 0.4) is 0 Å². The van der Waals surface area contributed by atoms with E-state index in [1.54, 1.807) is 12.3 Å². The summed E-state index contributed by atoms with van der Waals surface area (Å²) in [7, 11) is 0. The summed E-state index contributed by atoms with van der Waals surface area (Å²) in [5.74, 6) is 0.609. The molecule has 3 aromatic rings. The molecule has 1 amide bonds. The van der Waals surface area contributed by atoms with Gasteiger partial charge in [-0.15, -0.1) is 0 Å². The van der Waals surface area contributed by atoms with Crippen LogP contribution in [0.2, 0.25) is 0 Å². The molecule has 5 nitrogen and oxygen atoms in total. The molecule has 1 heterocycles. The number of nitrogens with zero attached hydrogens (tertiary/aromatic N) is 2. The van der Waals surface area contributed by atoms with E-state index in [9.17, 15) is 4.79 Å². The van der Waals surface area contributed by atoms with E-state index in [2.05, 4.69) is 46.6 Å². The van der Waals surface area contributed by atoms with Crippen molar-refractivity contribution in [2.75, 3.05) is 10.6 Å². The number of benzene rings is 2. The van der Waals surface area contributed by atoms with Gasteiger partial charge in [0, 0.05) is 17.6 Å². The van der Waals surface area contributed by atoms with Crippen molar-refractivity contribution in [2.24, 2.45) is 0 Å². The molecule has 3 rings (SSSR count). The molecule has 2 aromatic carbocycles. The Morgan fingerprint density at radius 2 is 1.74 bits per heavy atom. The molecule has 0 saturated heterocycles. The summed E-state index contributed by atoms with van der Waals surface area (Å²) in [5, 5.41) is 6.07. The largest absolute Gasteiger partial charge is 0.324 e. The monoisotopic (exact) mass is 360 g/mol. The fourth-order valence-electron chi connectivity index (χ4n) is 2.68. The van der Waals surface area contributed by atoms with Gasteiger partial charge in [0.1, 0.15) is 5.69 Å². The zero-order chi connectivity index (χ0) is 19.4. The Morgan fingerprint density at radius 1 is 1.00 bits per heavy atom. The maximum atomic E-state index is 12.6. The van der Waals surface area contributed by atoms with E-state index in [4.69, 9.17) is 0 Å². The highest BCUT2D eigenvalue weighted by atomic mass is 16.1. The molecule has 138 valence electrons. The van der Waals surface area contributed by atoms with Crippen molar-refractivity contribution in [3.63, 3.8) is 0 Å². The van der Waals surface area contributed by atoms with Crippen molar-refractivity contribution < 1.29 is 4.79 Å². The highest BCUT2D eigenvalue weighted by Gasteiger charge is 2.11. The summed E-state index contributed by atoms with van der Waals surface area (Å²) in [5.41, 5.74) is 5.34. The van der Waals surface area contributed by atoms with Crippen molar-refractivity contribution in [1.82, 2.24) is 9.97 Å². The number of carbonyl (C=O) groups is 1. The molecular weight excluding hydrogens is 336 g/mol. The number of aromatic nitrogens is 2. The molecule has 0 aliphatic heterocycles. The van der Waals surface area contributed by atoms with Gasteiger partial charge in [-0.2, -0.15) is 0 Å². The number of aryl methyl sites for hydroxylation is 2. The van der Waals surface area contributed by atoms with Gasteiger partial charge in [0.15, 0.2) is 0 Å². The fourth-order valence-corrected chi connectivity index (χ4v) is 2.68. The number of carbonyl (C=O) groups excluding carboxylic acids is 1. The van der Waals surface area contributed by atoms with Gasteiger partial charge in [-0.1, -0.05) is 38.1 Å². The number of amides is 1. The Hall–Kier alpha value is -3.21. The van der Waals surface area contributed by atoms with Gasteiger partial charge in [0.05, 0.1) is 0 Å². The highest BCUT2D eigenvalue weighted by Crippen LogP contribution is 2.20. The third-order valence-electron chi connectivity index (χ3n) is 4.36. The van der Waals surface area contributed by atoms with Crippen LogP contribution >= 0.6 is 0 Å². The predicted octanol–water partition coefficient (Wildman–Crippen LogP) is 5.21. The maximum absolute atomic E-state index is 12.6. The van der Waals surface area contributed by atoms with Gasteiger partial charge >= 0.3 is 0 Å². The minimum absolute atomic E-state index is 0.260. The average Bonchev–Trinajstić information content (AvgIpc) is 2.65. The van der Waals surface area contributed by atoms with E-state index in [-0.39, 0.29) is 5.91 Å². The van der Waals surface area contributed by atoms with Crippen LogP contribution in [0.5, 0.6) is 0 Å². The molecule has 0 atom stereocenters. The molecule has 0 saturated carbocycles. The van der Waals surface area contributed by atoms with E-state index >= 15 is 0 Å². The highest BCUT2D eigenvalue weighted by molar-refractivity contribution is 6.03. The van der Waals surface area contributed by atoms with Crippen LogP contribution in [-0.2, 0) is 0 Å². The van der Waals surface area contributed by atoms with E-state index in [0.717, 1.165) is 22.5 Å². The zero-order valence-corrected chi connectivity index (χ0v) is 16.1. The molecule has 0 aliphatic carbocycles. The van der Waals surface area contributed by atoms with Gasteiger partial charge in [-0.3, -0.25) is 4.79 Å². The van der Waals surface area contributed by atoms with E-state index in [1.807, 2.05) is 44.2 Å². The van der Waals surface area contributed by atoms with E-state index in [0.29, 0.717) is 17.6 Å². The van der Waals surface area contributed by atoms with Crippen molar-refractivity contribution in [2.45, 2.75) is 33.6 Å². The van der Waals surface area contributed by atoms with Crippen molar-refractivity contribution in [3.8, 4) is 0 Å². The van der Waals surface area contributed by atoms with Gasteiger partial charge in [0.2, 0.25) is 5.95 Å². The first-order chi connectivity index (χ1) is 12.9. The Balaban J connectivity index is 1.74. The van der Waals surface area contributed by atoms with Crippen molar-refractivity contribution in [1.29, 1.82) is 0 Å². The summed E-state index contributed by atoms with van der Waals surface area (Å²) >= 11 is 0. The Bertz CT molecular complexity index is 949. The van der Waals surface area contributed by atoms with Crippen LogP contribution in [0.1, 0.15) is 46.9 Å². The van der Waals surface area contributed by atoms with Crippen molar-refractivity contribution in [3.05, 3.63) is 77.1 Å². The first kappa shape index (κ1) is 18.6. The molecule has 2 N–H and O–H groups in total. The molecule has 1 aromatic heterocycles. The quantitative estimate of drug-likeness (QED) is 0.655. The van der Waals surface area contributed by atoms with Crippen LogP contribution in [0.4, 0.5) is 17.3 Å². The molecule has 0 unspecified atom stereocenters. The molecule has 27 heavy (non-hydrogen) atoms. The van der Waals surface area contributed by atoms with Crippen LogP contribution in [0, 0.1) is 13.8 Å². The standard InChI is InChI=1S/C22H24N4O/c1-14(2)17-7-9-18(10-8-17)24-22-23-12-11-19(26-22)21(27)25-20-13-15(3)5-6-16(20)4/h5-14H,1-4H3,(H,25,27)(H,23,24,26). The predicted molar refractivity (Wildman–Crippen MR) is 110 cm³/mol. The number of rotatable bonds is 5. The minimum Gasteiger partial charge on any atom is -0.324 e. The topological polar surface area (TPSA) is 66.9 Å². The van der Waals surface area contributed by atoms with Crippen LogP contribution in [0.25, 0.3) is 0 Å². The maximum Gasteiger partial charge on any atom is 0.274 e. The minimum atomic E-state index is -0.260. The van der Waals surface area contributed by atoms with Gasteiger partial charge in [0.25, 0.3) is 5.91 Å². The lowest BCUT2D eigenvalue weighted by molar-refractivity contribution is 0.102. The van der Waals surface area contributed by atoms with Gasteiger partial charge < -0.3 is 10.6 Å². The molecule has 5 heteroatoms. The molecule has 0 bridgehead atoms. The summed E-state index contributed by atoms with van der Waals surface area (Å²) < 4.78 is 0. The number of hydrogen-bond acceptors (Lipinski definition) is 4. The third kappa shape index (κ3) is 4.70. The molecule has 0 spiro atoms. The molecule has 0 aliphatic rings. The molecule has 0 fully saturated rings. The van der Waals surface area contributed by atoms with E-state index < -0.39 is 0 Å². The first-order valence-electron chi connectivity index (χ1n) is 9.01. The Morgan fingerprint density at radius 3 is 2.44 bits per heavy atom. The normalized spacial score (nSPS) is 10.7. The molecular formula is C22H24N4O. The second kappa shape index (κ2) is 7.99. The lowest BCUT2D eigenvalue weighted by atomic mass is 10.0. The lowest BCUT2D eigenvalue weighted by Gasteiger charge is -2.10. The average molecular weight is 360 g/mol. The zero-order valence-electron chi connectivity index (χ0n) is 16.1. The Kier molecular flexibility index (Phi) is 5.50. The van der Waals surface area contributed by atoms with Crippen molar-refractivity contribution >= 4 is 23.2 Å². The van der Waals surface area contributed by atoms with Crippen LogP contribution in [-0.4, -0.2) is 15.9 Å². The van der Waals surface area contributed by atoms with Crippen LogP contribution in [0.15, 0.2) is 54.7 Å². The summed E-state index contributed by atoms with van der Waals surface area (Å²) in [6.45, 7) is 8.27. The SMILES string of the molecule is Cc1ccc(C)c(NC(=O)c2ccnc(Nc3ccc(C(C)C)cc3)n2)c1. The Labute approximate surface area is 159 Å². The van der Waals surface area contributed by atoms with Crippen LogP contribution < -0.4 is 10.6 Å². The summed E-state index contributed by atoms with van der Waals surface area (Å²) in [4.78, 5) is 21.1. The summed E-state index contributed by atoms with van der Waals surface area (Å²) in [6.07, 6.45) is 1.58. The second-order valence-electron chi connectivity index (χ2n) is 6.94. The van der Waals surface area contributed by atoms with E-state index in [1.165, 1.54) is 5.56 Å². The number of anilines is 3. The summed E-state index contributed by atoms with van der Waals surface area (Å²) in [6, 6.07) is 15.7. The number of nitrogens with one attached hydrogen (secondary N) is 2. The lowest BCUT2D eigenvalue weighted by Crippen LogP contribution is -2.15. The second-order valence-corrected chi connectivity index (χ2v) is 6.94. The smallest absolute Gasteiger partial charge is 0.274 e.